The van der Waals surface area contributed by atoms with Crippen molar-refractivity contribution in [3.8, 4) is 0 Å². The molecule has 0 spiro atoms. The number of piperidine rings is 1. The van der Waals surface area contributed by atoms with E-state index in [0.29, 0.717) is 25.4 Å². The van der Waals surface area contributed by atoms with Gasteiger partial charge in [0.2, 0.25) is 5.91 Å². The van der Waals surface area contributed by atoms with E-state index in [9.17, 15) is 9.59 Å². The summed E-state index contributed by atoms with van der Waals surface area (Å²) in [4.78, 5) is 25.1. The van der Waals surface area contributed by atoms with E-state index in [2.05, 4.69) is 17.1 Å². The molecular formula is C14H24N2O4. The summed E-state index contributed by atoms with van der Waals surface area (Å²) in [5, 5.41) is 11.7. The van der Waals surface area contributed by atoms with Crippen molar-refractivity contribution < 1.29 is 19.4 Å². The van der Waals surface area contributed by atoms with Gasteiger partial charge in [-0.2, -0.15) is 0 Å². The number of carbonyl (C=O) groups excluding carboxylic acids is 1. The summed E-state index contributed by atoms with van der Waals surface area (Å²) in [6.45, 7) is 4.90. The highest BCUT2D eigenvalue weighted by Gasteiger charge is 2.34. The van der Waals surface area contributed by atoms with Gasteiger partial charge in [-0.1, -0.05) is 6.42 Å². The number of carboxylic acids is 1. The zero-order chi connectivity index (χ0) is 14.5. The van der Waals surface area contributed by atoms with E-state index in [1.54, 1.807) is 0 Å². The van der Waals surface area contributed by atoms with E-state index in [1.807, 2.05) is 0 Å². The maximum absolute atomic E-state index is 12.0. The molecule has 114 valence electrons. The molecule has 2 aliphatic heterocycles. The number of carbonyl (C=O) groups is 2. The van der Waals surface area contributed by atoms with Gasteiger partial charge in [-0.3, -0.25) is 9.69 Å². The third kappa shape index (κ3) is 3.93. The lowest BCUT2D eigenvalue weighted by atomic mass is 10.1. The van der Waals surface area contributed by atoms with Gasteiger partial charge in [0.15, 0.2) is 6.10 Å². The van der Waals surface area contributed by atoms with Crippen LogP contribution in [0.5, 0.6) is 0 Å². The first-order valence-corrected chi connectivity index (χ1v) is 7.48. The highest BCUT2D eigenvalue weighted by atomic mass is 16.5. The molecule has 2 N–H and O–H groups in total. The molecule has 2 aliphatic rings. The van der Waals surface area contributed by atoms with Gasteiger partial charge in [0.1, 0.15) is 6.10 Å². The van der Waals surface area contributed by atoms with Crippen LogP contribution in [0.15, 0.2) is 0 Å². The van der Waals surface area contributed by atoms with Crippen molar-refractivity contribution in [3.63, 3.8) is 0 Å². The van der Waals surface area contributed by atoms with Crippen LogP contribution in [0.1, 0.15) is 39.0 Å². The molecule has 0 saturated carbocycles. The lowest BCUT2D eigenvalue weighted by Gasteiger charge is -2.32. The Morgan fingerprint density at radius 3 is 2.50 bits per heavy atom. The summed E-state index contributed by atoms with van der Waals surface area (Å²) in [6.07, 6.45) is 3.21. The second-order valence-corrected chi connectivity index (χ2v) is 5.72. The predicted molar refractivity (Wildman–Crippen MR) is 73.4 cm³/mol. The first kappa shape index (κ1) is 15.3. The highest BCUT2D eigenvalue weighted by Crippen LogP contribution is 2.20. The third-order valence-corrected chi connectivity index (χ3v) is 4.17. The molecule has 3 unspecified atom stereocenters. The Hall–Kier alpha value is -1.14. The van der Waals surface area contributed by atoms with Crippen LogP contribution in [0, 0.1) is 0 Å². The van der Waals surface area contributed by atoms with Gasteiger partial charge in [0, 0.05) is 12.6 Å². The minimum absolute atomic E-state index is 0.183. The molecule has 2 rings (SSSR count). The summed E-state index contributed by atoms with van der Waals surface area (Å²) in [7, 11) is 0. The molecule has 0 bridgehead atoms. The Balaban J connectivity index is 1.71. The quantitative estimate of drug-likeness (QED) is 0.773. The zero-order valence-electron chi connectivity index (χ0n) is 12.0. The SMILES string of the molecule is CC(CNC(=O)C1CCC(C(=O)O)O1)N1CCCCC1. The van der Waals surface area contributed by atoms with Gasteiger partial charge in [0.25, 0.3) is 0 Å². The van der Waals surface area contributed by atoms with Crippen molar-refractivity contribution in [2.75, 3.05) is 19.6 Å². The number of nitrogens with one attached hydrogen (secondary N) is 1. The average Bonchev–Trinajstić information content (AvgIpc) is 2.95. The van der Waals surface area contributed by atoms with Crippen molar-refractivity contribution >= 4 is 11.9 Å². The molecule has 0 radical (unpaired) electrons. The smallest absolute Gasteiger partial charge is 0.332 e. The standard InChI is InChI=1S/C14H24N2O4/c1-10(16-7-3-2-4-8-16)9-15-13(17)11-5-6-12(20-11)14(18)19/h10-12H,2-9H2,1H3,(H,15,17)(H,18,19). The van der Waals surface area contributed by atoms with Crippen LogP contribution in [0.4, 0.5) is 0 Å². The second kappa shape index (κ2) is 7.04. The van der Waals surface area contributed by atoms with Crippen molar-refractivity contribution in [3.05, 3.63) is 0 Å². The van der Waals surface area contributed by atoms with Crippen LogP contribution in [0.2, 0.25) is 0 Å². The molecule has 0 aromatic carbocycles. The molecule has 2 fully saturated rings. The summed E-state index contributed by atoms with van der Waals surface area (Å²) in [5.41, 5.74) is 0. The first-order valence-electron chi connectivity index (χ1n) is 7.48. The molecule has 20 heavy (non-hydrogen) atoms. The minimum atomic E-state index is -0.984. The highest BCUT2D eigenvalue weighted by molar-refractivity contribution is 5.82. The Morgan fingerprint density at radius 1 is 1.25 bits per heavy atom. The Kier molecular flexibility index (Phi) is 5.37. The van der Waals surface area contributed by atoms with Crippen LogP contribution in [0.25, 0.3) is 0 Å². The summed E-state index contributed by atoms with van der Waals surface area (Å²) in [5.74, 6) is -1.17. The number of nitrogens with zero attached hydrogens (tertiary/aromatic N) is 1. The number of hydrogen-bond donors (Lipinski definition) is 2. The topological polar surface area (TPSA) is 78.9 Å². The molecule has 0 aliphatic carbocycles. The maximum atomic E-state index is 12.0. The van der Waals surface area contributed by atoms with E-state index in [4.69, 9.17) is 9.84 Å². The summed E-state index contributed by atoms with van der Waals surface area (Å²) in [6, 6.07) is 0.316. The zero-order valence-corrected chi connectivity index (χ0v) is 12.0. The van der Waals surface area contributed by atoms with E-state index in [0.717, 1.165) is 13.1 Å². The van der Waals surface area contributed by atoms with E-state index in [1.165, 1.54) is 19.3 Å². The molecule has 6 heteroatoms. The fraction of sp³-hybridized carbons (Fsp3) is 0.857. The Morgan fingerprint density at radius 2 is 1.90 bits per heavy atom. The van der Waals surface area contributed by atoms with Gasteiger partial charge in [-0.25, -0.2) is 4.79 Å². The van der Waals surface area contributed by atoms with E-state index in [-0.39, 0.29) is 5.91 Å². The summed E-state index contributed by atoms with van der Waals surface area (Å²) >= 11 is 0. The lowest BCUT2D eigenvalue weighted by molar-refractivity contribution is -0.151. The average molecular weight is 284 g/mol. The number of amides is 1. The Bertz CT molecular complexity index is 355. The Labute approximate surface area is 119 Å². The molecule has 6 nitrogen and oxygen atoms in total. The number of ether oxygens (including phenoxy) is 1. The number of hydrogen-bond acceptors (Lipinski definition) is 4. The third-order valence-electron chi connectivity index (χ3n) is 4.17. The maximum Gasteiger partial charge on any atom is 0.332 e. The van der Waals surface area contributed by atoms with E-state index < -0.39 is 18.2 Å². The van der Waals surface area contributed by atoms with Crippen LogP contribution < -0.4 is 5.32 Å². The first-order chi connectivity index (χ1) is 9.58. The molecule has 2 saturated heterocycles. The van der Waals surface area contributed by atoms with Crippen molar-refractivity contribution in [2.45, 2.75) is 57.3 Å². The van der Waals surface area contributed by atoms with Crippen molar-refractivity contribution in [1.29, 1.82) is 0 Å². The minimum Gasteiger partial charge on any atom is -0.479 e. The second-order valence-electron chi connectivity index (χ2n) is 5.72. The van der Waals surface area contributed by atoms with Crippen LogP contribution in [0.3, 0.4) is 0 Å². The largest absolute Gasteiger partial charge is 0.479 e. The van der Waals surface area contributed by atoms with Gasteiger partial charge >= 0.3 is 5.97 Å². The van der Waals surface area contributed by atoms with Gasteiger partial charge < -0.3 is 15.2 Å². The fourth-order valence-corrected chi connectivity index (χ4v) is 2.86. The van der Waals surface area contributed by atoms with Gasteiger partial charge in [-0.05, 0) is 45.7 Å². The normalized spacial score (nSPS) is 29.1. The fourth-order valence-electron chi connectivity index (χ4n) is 2.86. The number of aliphatic carboxylic acids is 1. The van der Waals surface area contributed by atoms with Gasteiger partial charge in [0.05, 0.1) is 0 Å². The monoisotopic (exact) mass is 284 g/mol. The summed E-state index contributed by atoms with van der Waals surface area (Å²) < 4.78 is 5.24. The molecule has 0 aromatic rings. The number of carboxylic acid groups (broad SMARTS) is 1. The van der Waals surface area contributed by atoms with Crippen LogP contribution in [-0.2, 0) is 14.3 Å². The molecular weight excluding hydrogens is 260 g/mol. The molecule has 2 heterocycles. The molecule has 3 atom stereocenters. The van der Waals surface area contributed by atoms with E-state index >= 15 is 0 Å². The molecule has 1 amide bonds. The number of rotatable bonds is 5. The van der Waals surface area contributed by atoms with Gasteiger partial charge in [-0.15, -0.1) is 0 Å². The predicted octanol–water partition coefficient (Wildman–Crippen LogP) is 0.609. The number of likely N-dealkylation sites (tertiary alicyclic amines) is 1. The van der Waals surface area contributed by atoms with Crippen LogP contribution >= 0.6 is 0 Å². The lowest BCUT2D eigenvalue weighted by Crippen LogP contribution is -2.46. The van der Waals surface area contributed by atoms with Crippen molar-refractivity contribution in [2.24, 2.45) is 0 Å². The van der Waals surface area contributed by atoms with Crippen LogP contribution in [-0.4, -0.2) is 59.8 Å². The molecule has 0 aromatic heterocycles. The van der Waals surface area contributed by atoms with Crippen molar-refractivity contribution in [1.82, 2.24) is 10.2 Å².